The molecule has 28 heavy (non-hydrogen) atoms. The lowest BCUT2D eigenvalue weighted by molar-refractivity contribution is -0.120. The first-order chi connectivity index (χ1) is 13.6. The third kappa shape index (κ3) is 4.68. The van der Waals surface area contributed by atoms with Gasteiger partial charge in [-0.2, -0.15) is 4.98 Å². The summed E-state index contributed by atoms with van der Waals surface area (Å²) in [6.45, 7) is 2.45. The average Bonchev–Trinajstić information content (AvgIpc) is 3.16. The van der Waals surface area contributed by atoms with Crippen molar-refractivity contribution in [3.8, 4) is 22.9 Å². The highest BCUT2D eigenvalue weighted by atomic mass is 16.5. The van der Waals surface area contributed by atoms with Crippen LogP contribution in [0.1, 0.15) is 17.0 Å². The molecule has 0 aliphatic carbocycles. The van der Waals surface area contributed by atoms with Crippen molar-refractivity contribution >= 4 is 5.91 Å². The summed E-state index contributed by atoms with van der Waals surface area (Å²) in [6, 6.07) is 13.4. The predicted molar refractivity (Wildman–Crippen MR) is 104 cm³/mol. The van der Waals surface area contributed by atoms with Gasteiger partial charge in [-0.05, 0) is 30.5 Å². The van der Waals surface area contributed by atoms with Crippen molar-refractivity contribution in [2.75, 3.05) is 20.8 Å². The van der Waals surface area contributed by atoms with Crippen LogP contribution in [0.5, 0.6) is 11.5 Å². The quantitative estimate of drug-likeness (QED) is 0.646. The number of hydrogen-bond acceptors (Lipinski definition) is 6. The van der Waals surface area contributed by atoms with Gasteiger partial charge in [0.05, 0.1) is 14.2 Å². The predicted octanol–water partition coefficient (Wildman–Crippen LogP) is 2.96. The normalized spacial score (nSPS) is 10.5. The molecule has 0 aliphatic rings. The number of nitrogens with zero attached hydrogens (tertiary/aromatic N) is 2. The lowest BCUT2D eigenvalue weighted by atomic mass is 10.1. The number of benzene rings is 2. The van der Waals surface area contributed by atoms with Gasteiger partial charge in [0, 0.05) is 18.2 Å². The Bertz CT molecular complexity index is 952. The number of nitrogens with one attached hydrogen (secondary N) is 1. The van der Waals surface area contributed by atoms with Crippen LogP contribution in [0.3, 0.4) is 0 Å². The second-order valence-corrected chi connectivity index (χ2v) is 6.28. The fraction of sp³-hybridized carbons (Fsp3) is 0.286. The van der Waals surface area contributed by atoms with Crippen LogP contribution in [-0.4, -0.2) is 36.8 Å². The van der Waals surface area contributed by atoms with Gasteiger partial charge in [0.2, 0.25) is 17.6 Å². The second kappa shape index (κ2) is 9.03. The van der Waals surface area contributed by atoms with E-state index in [9.17, 15) is 4.79 Å². The summed E-state index contributed by atoms with van der Waals surface area (Å²) in [5.74, 6) is 2.06. The molecule has 1 aromatic heterocycles. The lowest BCUT2D eigenvalue weighted by Gasteiger charge is -2.10. The van der Waals surface area contributed by atoms with Crippen molar-refractivity contribution in [3.63, 3.8) is 0 Å². The molecule has 0 unspecified atom stereocenters. The van der Waals surface area contributed by atoms with Gasteiger partial charge in [-0.1, -0.05) is 35.5 Å². The van der Waals surface area contributed by atoms with Crippen LogP contribution >= 0.6 is 0 Å². The fourth-order valence-electron chi connectivity index (χ4n) is 2.85. The minimum Gasteiger partial charge on any atom is -0.497 e. The van der Waals surface area contributed by atoms with Crippen molar-refractivity contribution in [1.29, 1.82) is 0 Å². The largest absolute Gasteiger partial charge is 0.497 e. The first kappa shape index (κ1) is 19.4. The monoisotopic (exact) mass is 381 g/mol. The molecule has 7 nitrogen and oxygen atoms in total. The van der Waals surface area contributed by atoms with Crippen molar-refractivity contribution in [3.05, 3.63) is 59.5 Å². The SMILES string of the molecule is COc1ccc(CCNC(=O)Cc2nc(-c3ccccc3C)no2)c(OC)c1. The zero-order valence-corrected chi connectivity index (χ0v) is 16.2. The first-order valence-corrected chi connectivity index (χ1v) is 8.97. The maximum atomic E-state index is 12.2. The Labute approximate surface area is 163 Å². The molecule has 0 fully saturated rings. The molecule has 1 heterocycles. The van der Waals surface area contributed by atoms with E-state index in [0.29, 0.717) is 18.8 Å². The molecule has 0 saturated heterocycles. The Morgan fingerprint density at radius 3 is 2.71 bits per heavy atom. The maximum absolute atomic E-state index is 12.2. The van der Waals surface area contributed by atoms with Gasteiger partial charge in [-0.25, -0.2) is 0 Å². The van der Waals surface area contributed by atoms with Crippen LogP contribution in [0.25, 0.3) is 11.4 Å². The van der Waals surface area contributed by atoms with E-state index in [4.69, 9.17) is 14.0 Å². The molecule has 0 spiro atoms. The molecule has 0 aliphatic heterocycles. The molecule has 146 valence electrons. The van der Waals surface area contributed by atoms with E-state index >= 15 is 0 Å². The van der Waals surface area contributed by atoms with Crippen molar-refractivity contribution in [1.82, 2.24) is 15.5 Å². The summed E-state index contributed by atoms with van der Waals surface area (Å²) >= 11 is 0. The summed E-state index contributed by atoms with van der Waals surface area (Å²) in [7, 11) is 3.22. The number of methoxy groups -OCH3 is 2. The third-order valence-corrected chi connectivity index (χ3v) is 4.38. The number of amides is 1. The summed E-state index contributed by atoms with van der Waals surface area (Å²) in [6.07, 6.45) is 0.676. The minimum absolute atomic E-state index is 0.0403. The van der Waals surface area contributed by atoms with Crippen LogP contribution in [0.2, 0.25) is 0 Å². The van der Waals surface area contributed by atoms with Gasteiger partial charge < -0.3 is 19.3 Å². The molecular formula is C21H23N3O4. The van der Waals surface area contributed by atoms with E-state index in [-0.39, 0.29) is 18.2 Å². The highest BCUT2D eigenvalue weighted by Crippen LogP contribution is 2.24. The van der Waals surface area contributed by atoms with Crippen LogP contribution in [0.4, 0.5) is 0 Å². The summed E-state index contributed by atoms with van der Waals surface area (Å²) < 4.78 is 15.8. The van der Waals surface area contributed by atoms with E-state index in [1.807, 2.05) is 49.4 Å². The number of rotatable bonds is 8. The van der Waals surface area contributed by atoms with Crippen LogP contribution in [0.15, 0.2) is 47.0 Å². The molecule has 1 N–H and O–H groups in total. The molecule has 3 aromatic rings. The van der Waals surface area contributed by atoms with Gasteiger partial charge >= 0.3 is 0 Å². The number of ether oxygens (including phenoxy) is 2. The smallest absolute Gasteiger partial charge is 0.236 e. The molecule has 0 radical (unpaired) electrons. The Morgan fingerprint density at radius 1 is 1.14 bits per heavy atom. The van der Waals surface area contributed by atoms with E-state index in [0.717, 1.165) is 28.2 Å². The van der Waals surface area contributed by atoms with Crippen LogP contribution in [-0.2, 0) is 17.6 Å². The van der Waals surface area contributed by atoms with Crippen LogP contribution in [0, 0.1) is 6.92 Å². The average molecular weight is 381 g/mol. The van der Waals surface area contributed by atoms with E-state index in [1.165, 1.54) is 0 Å². The molecule has 0 atom stereocenters. The number of carbonyl (C=O) groups excluding carboxylic acids is 1. The summed E-state index contributed by atoms with van der Waals surface area (Å²) in [4.78, 5) is 16.5. The third-order valence-electron chi connectivity index (χ3n) is 4.38. The molecule has 1 amide bonds. The van der Waals surface area contributed by atoms with E-state index in [1.54, 1.807) is 14.2 Å². The minimum atomic E-state index is -0.174. The molecule has 7 heteroatoms. The zero-order valence-electron chi connectivity index (χ0n) is 16.2. The number of aryl methyl sites for hydroxylation is 1. The number of hydrogen-bond donors (Lipinski definition) is 1. The van der Waals surface area contributed by atoms with Crippen molar-refractivity contribution in [2.45, 2.75) is 19.8 Å². The zero-order chi connectivity index (χ0) is 19.9. The van der Waals surface area contributed by atoms with Crippen molar-refractivity contribution < 1.29 is 18.8 Å². The Morgan fingerprint density at radius 2 is 1.96 bits per heavy atom. The Hall–Kier alpha value is -3.35. The Kier molecular flexibility index (Phi) is 6.26. The molecule has 0 bridgehead atoms. The fourth-order valence-corrected chi connectivity index (χ4v) is 2.85. The van der Waals surface area contributed by atoms with Crippen LogP contribution < -0.4 is 14.8 Å². The molecular weight excluding hydrogens is 358 g/mol. The maximum Gasteiger partial charge on any atom is 0.236 e. The summed E-state index contributed by atoms with van der Waals surface area (Å²) in [5.41, 5.74) is 2.93. The second-order valence-electron chi connectivity index (χ2n) is 6.28. The lowest BCUT2D eigenvalue weighted by Crippen LogP contribution is -2.27. The highest BCUT2D eigenvalue weighted by Gasteiger charge is 2.14. The number of carbonyl (C=O) groups is 1. The standard InChI is InChI=1S/C21H23N3O4/c1-14-6-4-5-7-17(14)21-23-20(28-24-21)13-19(25)22-11-10-15-8-9-16(26-2)12-18(15)27-3/h4-9,12H,10-11,13H2,1-3H3,(H,22,25). The van der Waals surface area contributed by atoms with E-state index in [2.05, 4.69) is 15.5 Å². The van der Waals surface area contributed by atoms with Gasteiger partial charge in [-0.15, -0.1) is 0 Å². The van der Waals surface area contributed by atoms with E-state index < -0.39 is 0 Å². The Balaban J connectivity index is 1.54. The molecule has 0 saturated carbocycles. The van der Waals surface area contributed by atoms with Gasteiger partial charge in [0.1, 0.15) is 17.9 Å². The van der Waals surface area contributed by atoms with Gasteiger partial charge in [0.25, 0.3) is 0 Å². The van der Waals surface area contributed by atoms with Gasteiger partial charge in [-0.3, -0.25) is 4.79 Å². The molecule has 3 rings (SSSR count). The molecule has 2 aromatic carbocycles. The van der Waals surface area contributed by atoms with Gasteiger partial charge in [0.15, 0.2) is 0 Å². The first-order valence-electron chi connectivity index (χ1n) is 8.97. The number of aromatic nitrogens is 2. The summed E-state index contributed by atoms with van der Waals surface area (Å²) in [5, 5.41) is 6.84. The van der Waals surface area contributed by atoms with Crippen molar-refractivity contribution in [2.24, 2.45) is 0 Å². The highest BCUT2D eigenvalue weighted by molar-refractivity contribution is 5.77. The topological polar surface area (TPSA) is 86.5 Å².